The lowest BCUT2D eigenvalue weighted by Crippen LogP contribution is -2.30. The Morgan fingerprint density at radius 2 is 0.520 bits per heavy atom. The minimum Gasteiger partial charge on any atom is -0.462 e. The molecule has 0 aromatic heterocycles. The molecule has 0 bridgehead atoms. The van der Waals surface area contributed by atoms with E-state index in [1.54, 1.807) is 0 Å². The van der Waals surface area contributed by atoms with E-state index >= 15 is 0 Å². The zero-order valence-electron chi connectivity index (χ0n) is 64.1. The molecular formula is C79H154O17P2. The molecule has 0 saturated carbocycles. The normalized spacial score (nSPS) is 14.2. The fraction of sp³-hybridized carbons (Fsp3) is 0.949. The number of carbonyl (C=O) groups is 4. The van der Waals surface area contributed by atoms with Gasteiger partial charge >= 0.3 is 39.5 Å². The Bertz CT molecular complexity index is 1890. The number of esters is 4. The number of phosphoric ester groups is 2. The molecule has 0 saturated heterocycles. The number of aliphatic hydroxyl groups is 1. The molecular weight excluding hydrogens is 1280 g/mol. The van der Waals surface area contributed by atoms with E-state index in [4.69, 9.17) is 37.0 Å². The standard InChI is InChI=1S/C79H154O17P2/c1-7-10-12-14-16-18-20-22-23-24-26-32-39-45-51-57-63-78(83)95-74(67-90-77(82)62-56-50-44-38-31-28-27-29-35-41-47-53-59-71(4)5)69-93-97(85,86)91-65-73(80)66-92-98(87,88)94-70-75(68-89-76(81)61-55-49-43-37-30-25-21-19-17-15-13-11-8-2)96-79(84)64-58-52-46-40-34-33-36-42-48-54-60-72(6)9-3/h71-75,80H,7-70H2,1-6H3,(H,85,86)(H,87,88)/t72?,73-,74-,75-/m1/s1. The van der Waals surface area contributed by atoms with E-state index in [9.17, 15) is 43.2 Å². The molecule has 0 aliphatic heterocycles. The fourth-order valence-corrected chi connectivity index (χ4v) is 13.7. The van der Waals surface area contributed by atoms with Gasteiger partial charge < -0.3 is 33.8 Å². The summed E-state index contributed by atoms with van der Waals surface area (Å²) < 4.78 is 68.7. The maximum Gasteiger partial charge on any atom is 0.472 e. The van der Waals surface area contributed by atoms with Gasteiger partial charge in [-0.3, -0.25) is 37.3 Å². The lowest BCUT2D eigenvalue weighted by atomic mass is 9.99. The third-order valence-electron chi connectivity index (χ3n) is 18.8. The number of unbranched alkanes of at least 4 members (excludes halogenated alkanes) is 47. The van der Waals surface area contributed by atoms with Crippen LogP contribution in [0.4, 0.5) is 0 Å². The van der Waals surface area contributed by atoms with Gasteiger partial charge in [-0.15, -0.1) is 0 Å². The lowest BCUT2D eigenvalue weighted by molar-refractivity contribution is -0.161. The number of ether oxygens (including phenoxy) is 4. The van der Waals surface area contributed by atoms with Crippen molar-refractivity contribution in [2.45, 2.75) is 432 Å². The molecule has 0 aromatic rings. The summed E-state index contributed by atoms with van der Waals surface area (Å²) in [6, 6.07) is 0. The van der Waals surface area contributed by atoms with Crippen LogP contribution in [0.2, 0.25) is 0 Å². The van der Waals surface area contributed by atoms with Gasteiger partial charge in [-0.25, -0.2) is 9.13 Å². The summed E-state index contributed by atoms with van der Waals surface area (Å²) in [4.78, 5) is 73.0. The lowest BCUT2D eigenvalue weighted by Gasteiger charge is -2.21. The molecule has 19 heteroatoms. The Morgan fingerprint density at radius 1 is 0.296 bits per heavy atom. The molecule has 0 spiro atoms. The molecule has 0 aliphatic rings. The van der Waals surface area contributed by atoms with Gasteiger partial charge in [-0.05, 0) is 37.5 Å². The smallest absolute Gasteiger partial charge is 0.462 e. The Morgan fingerprint density at radius 3 is 0.776 bits per heavy atom. The number of carbonyl (C=O) groups excluding carboxylic acids is 4. The Kier molecular flexibility index (Phi) is 69.3. The maximum atomic E-state index is 13.1. The molecule has 0 amide bonds. The van der Waals surface area contributed by atoms with Crippen molar-refractivity contribution in [2.24, 2.45) is 11.8 Å². The molecule has 0 radical (unpaired) electrons. The monoisotopic (exact) mass is 1440 g/mol. The molecule has 17 nitrogen and oxygen atoms in total. The van der Waals surface area contributed by atoms with E-state index < -0.39 is 97.5 Å². The Balaban J connectivity index is 5.28. The Hall–Kier alpha value is -1.94. The predicted molar refractivity (Wildman–Crippen MR) is 400 cm³/mol. The fourth-order valence-electron chi connectivity index (χ4n) is 12.2. The van der Waals surface area contributed by atoms with Crippen LogP contribution in [-0.4, -0.2) is 96.7 Å². The first-order valence-corrected chi connectivity index (χ1v) is 44.0. The number of rotatable bonds is 78. The summed E-state index contributed by atoms with van der Waals surface area (Å²) in [5.41, 5.74) is 0. The summed E-state index contributed by atoms with van der Waals surface area (Å²) in [5, 5.41) is 10.6. The van der Waals surface area contributed by atoms with Gasteiger partial charge in [0.25, 0.3) is 0 Å². The van der Waals surface area contributed by atoms with E-state index in [1.165, 1.54) is 231 Å². The third-order valence-corrected chi connectivity index (χ3v) is 20.7. The van der Waals surface area contributed by atoms with Crippen molar-refractivity contribution in [1.82, 2.24) is 0 Å². The first kappa shape index (κ1) is 96.1. The second-order valence-corrected chi connectivity index (χ2v) is 32.1. The highest BCUT2D eigenvalue weighted by molar-refractivity contribution is 7.47. The van der Waals surface area contributed by atoms with Crippen LogP contribution in [0.25, 0.3) is 0 Å². The Labute approximate surface area is 600 Å². The molecule has 3 N–H and O–H groups in total. The minimum atomic E-state index is -4.96. The first-order valence-electron chi connectivity index (χ1n) is 41.0. The van der Waals surface area contributed by atoms with Gasteiger partial charge in [0.05, 0.1) is 26.4 Å². The molecule has 3 unspecified atom stereocenters. The van der Waals surface area contributed by atoms with Crippen LogP contribution in [-0.2, 0) is 65.4 Å². The molecule has 582 valence electrons. The summed E-state index contributed by atoms with van der Waals surface area (Å²) in [5.74, 6) is -0.523. The average molecular weight is 1440 g/mol. The zero-order chi connectivity index (χ0) is 72.1. The first-order chi connectivity index (χ1) is 47.4. The van der Waals surface area contributed by atoms with Crippen LogP contribution in [0.5, 0.6) is 0 Å². The van der Waals surface area contributed by atoms with Gasteiger partial charge in [-0.2, -0.15) is 0 Å². The number of aliphatic hydroxyl groups excluding tert-OH is 1. The van der Waals surface area contributed by atoms with Crippen LogP contribution in [0.3, 0.4) is 0 Å². The molecule has 6 atom stereocenters. The van der Waals surface area contributed by atoms with E-state index in [-0.39, 0.29) is 25.7 Å². The molecule has 0 aliphatic carbocycles. The molecule has 0 rings (SSSR count). The number of hydrogen-bond donors (Lipinski definition) is 3. The SMILES string of the molecule is CCCCCCCCCCCCCCCCCCC(=O)O[C@H](COC(=O)CCCCCCCCCCCCCCC(C)C)COP(=O)(O)OC[C@@H](O)COP(=O)(O)OC[C@@H](COC(=O)CCCCCCCCCCCCCCC)OC(=O)CCCCCCCCCCCCC(C)CC. The maximum absolute atomic E-state index is 13.1. The van der Waals surface area contributed by atoms with Crippen molar-refractivity contribution in [3.05, 3.63) is 0 Å². The highest BCUT2D eigenvalue weighted by atomic mass is 31.2. The van der Waals surface area contributed by atoms with Crippen molar-refractivity contribution in [2.75, 3.05) is 39.6 Å². The van der Waals surface area contributed by atoms with E-state index in [0.29, 0.717) is 25.7 Å². The summed E-state index contributed by atoms with van der Waals surface area (Å²) in [6.45, 7) is 9.67. The number of phosphoric acid groups is 2. The summed E-state index contributed by atoms with van der Waals surface area (Å²) >= 11 is 0. The summed E-state index contributed by atoms with van der Waals surface area (Å²) in [6.07, 6.45) is 59.4. The van der Waals surface area contributed by atoms with Gasteiger partial charge in [0.15, 0.2) is 12.2 Å². The average Bonchev–Trinajstić information content (AvgIpc) is 0.942. The topological polar surface area (TPSA) is 237 Å². The molecule has 98 heavy (non-hydrogen) atoms. The third kappa shape index (κ3) is 71.1. The van der Waals surface area contributed by atoms with Gasteiger partial charge in [0.1, 0.15) is 19.3 Å². The van der Waals surface area contributed by atoms with Gasteiger partial charge in [-0.1, -0.05) is 363 Å². The zero-order valence-corrected chi connectivity index (χ0v) is 65.9. The van der Waals surface area contributed by atoms with Crippen LogP contribution in [0, 0.1) is 11.8 Å². The van der Waals surface area contributed by atoms with E-state index in [2.05, 4.69) is 41.5 Å². The van der Waals surface area contributed by atoms with Crippen LogP contribution >= 0.6 is 15.6 Å². The van der Waals surface area contributed by atoms with Crippen molar-refractivity contribution < 1.29 is 80.2 Å². The van der Waals surface area contributed by atoms with Crippen LogP contribution in [0.15, 0.2) is 0 Å². The van der Waals surface area contributed by atoms with E-state index in [1.807, 2.05) is 0 Å². The van der Waals surface area contributed by atoms with Crippen molar-refractivity contribution in [1.29, 1.82) is 0 Å². The quantitative estimate of drug-likeness (QED) is 0.0222. The minimum absolute atomic E-state index is 0.107. The predicted octanol–water partition coefficient (Wildman–Crippen LogP) is 23.5. The second-order valence-electron chi connectivity index (χ2n) is 29.2. The van der Waals surface area contributed by atoms with Crippen molar-refractivity contribution >= 4 is 39.5 Å². The van der Waals surface area contributed by atoms with Crippen LogP contribution in [0.1, 0.15) is 414 Å². The number of hydrogen-bond acceptors (Lipinski definition) is 15. The largest absolute Gasteiger partial charge is 0.472 e. The highest BCUT2D eigenvalue weighted by Gasteiger charge is 2.30. The van der Waals surface area contributed by atoms with Crippen molar-refractivity contribution in [3.63, 3.8) is 0 Å². The van der Waals surface area contributed by atoms with Gasteiger partial charge in [0.2, 0.25) is 0 Å². The van der Waals surface area contributed by atoms with E-state index in [0.717, 1.165) is 102 Å². The second kappa shape index (κ2) is 70.7. The molecule has 0 fully saturated rings. The van der Waals surface area contributed by atoms with Crippen LogP contribution < -0.4 is 0 Å². The summed E-state index contributed by atoms with van der Waals surface area (Å²) in [7, 11) is -9.92. The van der Waals surface area contributed by atoms with Gasteiger partial charge in [0, 0.05) is 25.7 Å². The molecule has 0 heterocycles. The molecule has 0 aromatic carbocycles. The van der Waals surface area contributed by atoms with Crippen molar-refractivity contribution in [3.8, 4) is 0 Å². The highest BCUT2D eigenvalue weighted by Crippen LogP contribution is 2.45.